The van der Waals surface area contributed by atoms with Gasteiger partial charge in [0.25, 0.3) is 0 Å². The Morgan fingerprint density at radius 2 is 1.70 bits per heavy atom. The molecule has 1 aliphatic heterocycles. The van der Waals surface area contributed by atoms with Crippen LogP contribution in [0.2, 0.25) is 0 Å². The molecule has 1 saturated heterocycles. The average Bonchev–Trinajstić information content (AvgIpc) is 2.37. The zero-order valence-electron chi connectivity index (χ0n) is 11.6. The van der Waals surface area contributed by atoms with E-state index in [0.717, 1.165) is 37.5 Å². The summed E-state index contributed by atoms with van der Waals surface area (Å²) in [4.78, 5) is 0. The summed E-state index contributed by atoms with van der Waals surface area (Å²) in [7, 11) is -3.20. The third kappa shape index (κ3) is 5.98. The van der Waals surface area contributed by atoms with Crippen LogP contribution in [0.15, 0.2) is 24.3 Å². The lowest BCUT2D eigenvalue weighted by atomic mass is 9.98. The fourth-order valence-electron chi connectivity index (χ4n) is 2.22. The third-order valence-corrected chi connectivity index (χ3v) is 3.85. The van der Waals surface area contributed by atoms with Gasteiger partial charge >= 0.3 is 0 Å². The van der Waals surface area contributed by atoms with Gasteiger partial charge in [-0.2, -0.15) is 0 Å². The van der Waals surface area contributed by atoms with E-state index in [0.29, 0.717) is 5.69 Å². The van der Waals surface area contributed by atoms with Crippen molar-refractivity contribution in [3.8, 4) is 0 Å². The Balaban J connectivity index is 0.00000200. The van der Waals surface area contributed by atoms with Crippen molar-refractivity contribution in [2.24, 2.45) is 5.92 Å². The van der Waals surface area contributed by atoms with Crippen LogP contribution in [-0.4, -0.2) is 34.3 Å². The Hall–Kier alpha value is -0.980. The molecule has 0 aromatic heterocycles. The molecular formula is C13H22ClN3O2S. The van der Waals surface area contributed by atoms with Crippen LogP contribution in [0.3, 0.4) is 0 Å². The second-order valence-electron chi connectivity index (χ2n) is 5.03. The minimum atomic E-state index is -3.20. The second-order valence-corrected chi connectivity index (χ2v) is 6.77. The maximum absolute atomic E-state index is 11.1. The molecule has 0 bridgehead atoms. The number of rotatable bonds is 5. The van der Waals surface area contributed by atoms with Crippen LogP contribution < -0.4 is 15.4 Å². The quantitative estimate of drug-likeness (QED) is 0.775. The maximum Gasteiger partial charge on any atom is 0.229 e. The van der Waals surface area contributed by atoms with E-state index in [-0.39, 0.29) is 12.4 Å². The van der Waals surface area contributed by atoms with Crippen molar-refractivity contribution in [3.05, 3.63) is 24.3 Å². The Kier molecular flexibility index (Phi) is 6.58. The van der Waals surface area contributed by atoms with E-state index in [9.17, 15) is 8.42 Å². The van der Waals surface area contributed by atoms with Crippen LogP contribution in [0, 0.1) is 5.92 Å². The summed E-state index contributed by atoms with van der Waals surface area (Å²) in [5, 5.41) is 6.75. The summed E-state index contributed by atoms with van der Waals surface area (Å²) in [5.74, 6) is 0.718. The lowest BCUT2D eigenvalue weighted by Crippen LogP contribution is -2.31. The molecule has 1 heterocycles. The molecule has 3 N–H and O–H groups in total. The van der Waals surface area contributed by atoms with Gasteiger partial charge in [0.15, 0.2) is 0 Å². The second kappa shape index (κ2) is 7.71. The number of hydrogen-bond acceptors (Lipinski definition) is 4. The van der Waals surface area contributed by atoms with Crippen LogP contribution in [0.4, 0.5) is 11.4 Å². The van der Waals surface area contributed by atoms with Crippen molar-refractivity contribution in [1.82, 2.24) is 5.32 Å². The predicted octanol–water partition coefficient (Wildman–Crippen LogP) is 1.89. The molecule has 0 amide bonds. The van der Waals surface area contributed by atoms with Gasteiger partial charge in [-0.05, 0) is 56.1 Å². The Morgan fingerprint density at radius 1 is 1.15 bits per heavy atom. The molecule has 2 rings (SSSR count). The van der Waals surface area contributed by atoms with Crippen LogP contribution >= 0.6 is 12.4 Å². The predicted molar refractivity (Wildman–Crippen MR) is 86.2 cm³/mol. The highest BCUT2D eigenvalue weighted by Gasteiger charge is 2.12. The number of hydrogen-bond donors (Lipinski definition) is 3. The molecule has 5 nitrogen and oxygen atoms in total. The van der Waals surface area contributed by atoms with Crippen LogP contribution in [0.1, 0.15) is 12.8 Å². The van der Waals surface area contributed by atoms with Crippen molar-refractivity contribution in [2.45, 2.75) is 12.8 Å². The van der Waals surface area contributed by atoms with Gasteiger partial charge in [0.2, 0.25) is 10.0 Å². The summed E-state index contributed by atoms with van der Waals surface area (Å²) in [6.07, 6.45) is 3.57. The van der Waals surface area contributed by atoms with Gasteiger partial charge in [-0.1, -0.05) is 0 Å². The maximum atomic E-state index is 11.1. The molecule has 1 aromatic rings. The SMILES string of the molecule is CS(=O)(=O)Nc1ccc(NCC2CCNCC2)cc1.Cl. The summed E-state index contributed by atoms with van der Waals surface area (Å²) >= 11 is 0. The van der Waals surface area contributed by atoms with Crippen molar-refractivity contribution in [1.29, 1.82) is 0 Å². The van der Waals surface area contributed by atoms with E-state index >= 15 is 0 Å². The molecule has 1 aliphatic rings. The fraction of sp³-hybridized carbons (Fsp3) is 0.538. The highest BCUT2D eigenvalue weighted by Crippen LogP contribution is 2.17. The molecule has 0 saturated carbocycles. The van der Waals surface area contributed by atoms with E-state index in [1.54, 1.807) is 12.1 Å². The van der Waals surface area contributed by atoms with Gasteiger partial charge in [0.1, 0.15) is 0 Å². The zero-order valence-corrected chi connectivity index (χ0v) is 13.2. The highest BCUT2D eigenvalue weighted by molar-refractivity contribution is 7.92. The van der Waals surface area contributed by atoms with Crippen LogP contribution in [0.5, 0.6) is 0 Å². The molecule has 20 heavy (non-hydrogen) atoms. The zero-order chi connectivity index (χ0) is 13.7. The minimum Gasteiger partial charge on any atom is -0.385 e. The standard InChI is InChI=1S/C13H21N3O2S.ClH/c1-19(17,18)16-13-4-2-12(3-5-13)15-10-11-6-8-14-9-7-11;/h2-5,11,14-16H,6-10H2,1H3;1H. The molecule has 0 unspecified atom stereocenters. The van der Waals surface area contributed by atoms with Gasteiger partial charge in [0, 0.05) is 17.9 Å². The molecule has 0 spiro atoms. The number of benzene rings is 1. The molecule has 0 aliphatic carbocycles. The van der Waals surface area contributed by atoms with Crippen molar-refractivity contribution < 1.29 is 8.42 Å². The molecule has 7 heteroatoms. The van der Waals surface area contributed by atoms with Gasteiger partial charge < -0.3 is 10.6 Å². The highest BCUT2D eigenvalue weighted by atomic mass is 35.5. The number of piperidine rings is 1. The van der Waals surface area contributed by atoms with E-state index in [4.69, 9.17) is 0 Å². The van der Waals surface area contributed by atoms with Gasteiger partial charge in [-0.25, -0.2) is 8.42 Å². The van der Waals surface area contributed by atoms with E-state index in [2.05, 4.69) is 15.4 Å². The topological polar surface area (TPSA) is 70.2 Å². The third-order valence-electron chi connectivity index (χ3n) is 3.24. The normalized spacial score (nSPS) is 16.2. The lowest BCUT2D eigenvalue weighted by Gasteiger charge is -2.23. The molecular weight excluding hydrogens is 298 g/mol. The Labute approximate surface area is 127 Å². The first-order valence-corrected chi connectivity index (χ1v) is 8.44. The van der Waals surface area contributed by atoms with Gasteiger partial charge in [-0.3, -0.25) is 4.72 Å². The largest absolute Gasteiger partial charge is 0.385 e. The summed E-state index contributed by atoms with van der Waals surface area (Å²) in [6.45, 7) is 3.17. The first kappa shape index (κ1) is 17.1. The van der Waals surface area contributed by atoms with Crippen molar-refractivity contribution in [2.75, 3.05) is 35.9 Å². The van der Waals surface area contributed by atoms with Gasteiger partial charge in [0.05, 0.1) is 6.26 Å². The number of sulfonamides is 1. The molecule has 1 aromatic carbocycles. The monoisotopic (exact) mass is 319 g/mol. The van der Waals surface area contributed by atoms with Crippen LogP contribution in [0.25, 0.3) is 0 Å². The van der Waals surface area contributed by atoms with E-state index in [1.807, 2.05) is 12.1 Å². The molecule has 0 radical (unpaired) electrons. The Morgan fingerprint density at radius 3 is 2.25 bits per heavy atom. The molecule has 1 fully saturated rings. The Bertz CT molecular complexity index is 499. The summed E-state index contributed by atoms with van der Waals surface area (Å²) < 4.78 is 24.6. The summed E-state index contributed by atoms with van der Waals surface area (Å²) in [5.41, 5.74) is 1.62. The van der Waals surface area contributed by atoms with Crippen molar-refractivity contribution in [3.63, 3.8) is 0 Å². The first-order chi connectivity index (χ1) is 9.03. The van der Waals surface area contributed by atoms with E-state index in [1.165, 1.54) is 12.8 Å². The van der Waals surface area contributed by atoms with Crippen molar-refractivity contribution >= 4 is 33.8 Å². The van der Waals surface area contributed by atoms with Crippen LogP contribution in [-0.2, 0) is 10.0 Å². The lowest BCUT2D eigenvalue weighted by molar-refractivity contribution is 0.390. The smallest absolute Gasteiger partial charge is 0.229 e. The van der Waals surface area contributed by atoms with Gasteiger partial charge in [-0.15, -0.1) is 12.4 Å². The van der Waals surface area contributed by atoms with E-state index < -0.39 is 10.0 Å². The minimum absolute atomic E-state index is 0. The fourth-order valence-corrected chi connectivity index (χ4v) is 2.78. The first-order valence-electron chi connectivity index (χ1n) is 6.55. The number of nitrogens with one attached hydrogen (secondary N) is 3. The number of halogens is 1. The molecule has 0 atom stereocenters. The molecule has 114 valence electrons. The average molecular weight is 320 g/mol. The number of anilines is 2. The summed E-state index contributed by atoms with van der Waals surface area (Å²) in [6, 6.07) is 7.33.